The Hall–Kier alpha value is -4.18. The summed E-state index contributed by atoms with van der Waals surface area (Å²) in [5.74, 6) is -2.61. The fourth-order valence-electron chi connectivity index (χ4n) is 10.8. The standard InChI is InChI=1S/C57H88N6O16S/c1-12-46-40(31-75-57-55(71-11)54(70-10)51(68)37(8)77-57)26-33(4)16-21-44(64)34(5)27-39(28-48(72-13-2)73-14-3)53(35(6)45(65)29-47(66)78-46)79-56-52(69)49(50(67)36(7)76-56)62(9)24-22-41-30-63(60-58-41)23-15-25-74-42-19-17-38(18-20-42)43-32-80-61-59-43/h16-21,26,30,32,34-37,39-40,45-46,48-57,65,67-69H,12-15,22-25,27-29,31H2,1-11H3/b21-16+,33-26+/t34-,35+,36?,37?,39-,40-,45-,46-,49?,50?,51?,52?,53-,54?,55?,56?,57?/m1/s1. The maximum absolute atomic E-state index is 14.2. The number of ether oxygens (including phenoxy) is 10. The number of aromatic nitrogens is 5. The molecule has 0 radical (unpaired) electrons. The van der Waals surface area contributed by atoms with Crippen molar-refractivity contribution in [1.82, 2.24) is 29.5 Å². The van der Waals surface area contributed by atoms with E-state index in [9.17, 15) is 30.0 Å². The van der Waals surface area contributed by atoms with E-state index >= 15 is 0 Å². The second-order valence-electron chi connectivity index (χ2n) is 21.3. The molecule has 1 aromatic carbocycles. The third-order valence-electron chi connectivity index (χ3n) is 15.4. The normalized spacial score (nSPS) is 33.4. The molecule has 448 valence electrons. The Bertz CT molecular complexity index is 2360. The molecule has 6 rings (SSSR count). The Labute approximate surface area is 475 Å². The van der Waals surface area contributed by atoms with Crippen LogP contribution in [-0.4, -0.2) is 202 Å². The van der Waals surface area contributed by atoms with E-state index in [2.05, 4.69) is 19.9 Å². The summed E-state index contributed by atoms with van der Waals surface area (Å²) in [5.41, 5.74) is 3.22. The van der Waals surface area contributed by atoms with Crippen molar-refractivity contribution in [3.63, 3.8) is 0 Å². The first-order valence-corrected chi connectivity index (χ1v) is 29.0. The Morgan fingerprint density at radius 3 is 2.24 bits per heavy atom. The van der Waals surface area contributed by atoms with Crippen LogP contribution in [0.5, 0.6) is 5.75 Å². The lowest BCUT2D eigenvalue weighted by molar-refractivity contribution is -0.307. The van der Waals surface area contributed by atoms with Crippen LogP contribution < -0.4 is 4.74 Å². The van der Waals surface area contributed by atoms with Crippen LogP contribution >= 0.6 is 11.5 Å². The van der Waals surface area contributed by atoms with E-state index in [-0.39, 0.29) is 25.2 Å². The van der Waals surface area contributed by atoms with Gasteiger partial charge in [0, 0.05) is 94.7 Å². The molecule has 23 heteroatoms. The van der Waals surface area contributed by atoms with Gasteiger partial charge in [0.1, 0.15) is 42.0 Å². The van der Waals surface area contributed by atoms with E-state index in [1.807, 2.05) is 81.4 Å². The molecule has 22 nitrogen and oxygen atoms in total. The Kier molecular flexibility index (Phi) is 26.0. The first kappa shape index (κ1) is 65.0. The number of ketones is 1. The van der Waals surface area contributed by atoms with Gasteiger partial charge in [0.15, 0.2) is 24.7 Å². The van der Waals surface area contributed by atoms with Crippen LogP contribution in [0.25, 0.3) is 11.3 Å². The number of carbonyl (C=O) groups is 2. The molecule has 2 fully saturated rings. The number of methoxy groups -OCH3 is 2. The van der Waals surface area contributed by atoms with Crippen molar-refractivity contribution in [2.24, 2.45) is 23.7 Å². The third kappa shape index (κ3) is 17.9. The quantitative estimate of drug-likeness (QED) is 0.0525. The van der Waals surface area contributed by atoms with Crippen LogP contribution in [0.1, 0.15) is 93.2 Å². The average molecular weight is 1150 g/mol. The number of allylic oxidation sites excluding steroid dienone is 3. The highest BCUT2D eigenvalue weighted by molar-refractivity contribution is 7.03. The monoisotopic (exact) mass is 1140 g/mol. The molecule has 2 aromatic heterocycles. The van der Waals surface area contributed by atoms with Crippen LogP contribution in [0.15, 0.2) is 59.6 Å². The maximum atomic E-state index is 14.2. The molecular weight excluding hydrogens is 1060 g/mol. The Morgan fingerprint density at radius 1 is 0.875 bits per heavy atom. The number of hydrogen-bond acceptors (Lipinski definition) is 22. The first-order chi connectivity index (χ1) is 38.4. The molecule has 3 aliphatic heterocycles. The van der Waals surface area contributed by atoms with Crippen molar-refractivity contribution in [1.29, 1.82) is 0 Å². The number of rotatable bonds is 24. The lowest BCUT2D eigenvalue weighted by Gasteiger charge is -2.47. The van der Waals surface area contributed by atoms with Gasteiger partial charge in [0.05, 0.1) is 61.9 Å². The predicted molar refractivity (Wildman–Crippen MR) is 295 cm³/mol. The Morgan fingerprint density at radius 2 is 1.57 bits per heavy atom. The van der Waals surface area contributed by atoms with E-state index in [1.165, 1.54) is 31.8 Å². The van der Waals surface area contributed by atoms with Gasteiger partial charge < -0.3 is 67.8 Å². The molecule has 0 aliphatic carbocycles. The van der Waals surface area contributed by atoms with Gasteiger partial charge in [-0.15, -0.1) is 10.2 Å². The molecule has 10 unspecified atom stereocenters. The van der Waals surface area contributed by atoms with Gasteiger partial charge in [-0.05, 0) is 102 Å². The number of aliphatic hydroxyl groups is 4. The minimum atomic E-state index is -1.40. The minimum absolute atomic E-state index is 0.000993. The second kappa shape index (κ2) is 32.0. The number of aryl methyl sites for hydroxylation is 1. The summed E-state index contributed by atoms with van der Waals surface area (Å²) in [7, 11) is 4.76. The molecule has 80 heavy (non-hydrogen) atoms. The molecule has 0 saturated carbocycles. The molecule has 17 atom stereocenters. The van der Waals surface area contributed by atoms with Crippen molar-refractivity contribution in [3.05, 3.63) is 65.3 Å². The number of esters is 1. The number of nitrogens with zero attached hydrogens (tertiary/aromatic N) is 6. The second-order valence-corrected chi connectivity index (χ2v) is 21.9. The van der Waals surface area contributed by atoms with Crippen LogP contribution in [0, 0.1) is 23.7 Å². The summed E-state index contributed by atoms with van der Waals surface area (Å²) in [5, 5.41) is 61.5. The summed E-state index contributed by atoms with van der Waals surface area (Å²) in [6.45, 7) is 16.5. The van der Waals surface area contributed by atoms with E-state index < -0.39 is 122 Å². The molecule has 3 aromatic rings. The summed E-state index contributed by atoms with van der Waals surface area (Å²) in [4.78, 5) is 30.1. The summed E-state index contributed by atoms with van der Waals surface area (Å²) >= 11 is 1.30. The lowest BCUT2D eigenvalue weighted by atomic mass is 9.79. The molecule has 0 spiro atoms. The van der Waals surface area contributed by atoms with Gasteiger partial charge >= 0.3 is 5.97 Å². The van der Waals surface area contributed by atoms with E-state index in [4.69, 9.17) is 47.4 Å². The SMILES string of the molecule is CCOC(C[C@H]1C[C@@H](C)C(=O)/C=C/C(C)=C/[C@H](COC2OC(C)C(O)C(OC)C2OC)[C@@H](CC)OC(=O)C[C@@H](O)[C@H](C)[C@H]1OC1OC(C)C(O)C(N(C)CCc2cn(CCCOc3ccc(-c4csnn4)cc3)nn2)C1O)OCC. The highest BCUT2D eigenvalue weighted by Gasteiger charge is 2.49. The smallest absolute Gasteiger partial charge is 0.308 e. The van der Waals surface area contributed by atoms with Gasteiger partial charge in [-0.25, -0.2) is 0 Å². The van der Waals surface area contributed by atoms with Crippen molar-refractivity contribution in [2.75, 3.05) is 54.2 Å². The fraction of sp³-hybridized carbons (Fsp3) is 0.719. The minimum Gasteiger partial charge on any atom is -0.494 e. The number of aliphatic hydroxyl groups excluding tert-OH is 4. The Balaban J connectivity index is 1.17. The molecule has 5 heterocycles. The van der Waals surface area contributed by atoms with Crippen molar-refractivity contribution >= 4 is 23.3 Å². The highest BCUT2D eigenvalue weighted by atomic mass is 32.1. The molecule has 4 N–H and O–H groups in total. The highest BCUT2D eigenvalue weighted by Crippen LogP contribution is 2.37. The fourth-order valence-corrected chi connectivity index (χ4v) is 11.2. The van der Waals surface area contributed by atoms with Gasteiger partial charge in [-0.2, -0.15) is 0 Å². The number of likely N-dealkylation sites (N-methyl/N-ethyl adjacent to an activating group) is 1. The van der Waals surface area contributed by atoms with Crippen LogP contribution in [0.4, 0.5) is 0 Å². The predicted octanol–water partition coefficient (Wildman–Crippen LogP) is 4.95. The maximum Gasteiger partial charge on any atom is 0.308 e. The molecular formula is C57H88N6O16S. The summed E-state index contributed by atoms with van der Waals surface area (Å²) < 4.78 is 66.8. The van der Waals surface area contributed by atoms with Crippen molar-refractivity contribution < 1.29 is 77.4 Å². The average Bonchev–Trinajstić information content (AvgIpc) is 4.16. The van der Waals surface area contributed by atoms with E-state index in [0.717, 1.165) is 22.7 Å². The molecule has 3 aliphatic rings. The molecule has 0 bridgehead atoms. The number of cyclic esters (lactones) is 1. The third-order valence-corrected chi connectivity index (χ3v) is 15.9. The van der Waals surface area contributed by atoms with Crippen molar-refractivity contribution in [3.8, 4) is 17.0 Å². The molecule has 2 saturated heterocycles. The van der Waals surface area contributed by atoms with Crippen molar-refractivity contribution in [2.45, 2.75) is 186 Å². The number of hydrogen-bond donors (Lipinski definition) is 4. The van der Waals surface area contributed by atoms with Crippen LogP contribution in [-0.2, 0) is 65.2 Å². The largest absolute Gasteiger partial charge is 0.494 e. The topological polar surface area (TPSA) is 267 Å². The van der Waals surface area contributed by atoms with Crippen LogP contribution in [0.2, 0.25) is 0 Å². The van der Waals surface area contributed by atoms with Crippen LogP contribution in [0.3, 0.4) is 0 Å². The number of carbonyl (C=O) groups excluding carboxylic acids is 2. The molecule has 0 amide bonds. The van der Waals surface area contributed by atoms with E-state index in [0.29, 0.717) is 57.7 Å². The van der Waals surface area contributed by atoms with E-state index in [1.54, 1.807) is 38.6 Å². The lowest BCUT2D eigenvalue weighted by Crippen LogP contribution is -2.64. The summed E-state index contributed by atoms with van der Waals surface area (Å²) in [6, 6.07) is 6.85. The van der Waals surface area contributed by atoms with Gasteiger partial charge in [-0.3, -0.25) is 19.2 Å². The zero-order valence-corrected chi connectivity index (χ0v) is 49.2. The van der Waals surface area contributed by atoms with Gasteiger partial charge in [0.2, 0.25) is 0 Å². The summed E-state index contributed by atoms with van der Waals surface area (Å²) in [6.07, 6.45) is -3.94. The zero-order chi connectivity index (χ0) is 58.0. The number of benzene rings is 1. The zero-order valence-electron chi connectivity index (χ0n) is 48.4. The van der Waals surface area contributed by atoms with Gasteiger partial charge in [-0.1, -0.05) is 48.2 Å². The van der Waals surface area contributed by atoms with Gasteiger partial charge in [0.25, 0.3) is 0 Å². The first-order valence-electron chi connectivity index (χ1n) is 28.2.